The summed E-state index contributed by atoms with van der Waals surface area (Å²) in [6, 6.07) is 1.74. The fourth-order valence-corrected chi connectivity index (χ4v) is 2.02. The molecule has 20 heavy (non-hydrogen) atoms. The summed E-state index contributed by atoms with van der Waals surface area (Å²) in [5.41, 5.74) is 2.40. The lowest BCUT2D eigenvalue weighted by Gasteiger charge is -2.18. The SMILES string of the molecule is CCNc1cnccc1C(=O)N(C)Cc1cnn(C)c1. The zero-order valence-corrected chi connectivity index (χ0v) is 12.0. The predicted molar refractivity (Wildman–Crippen MR) is 77.4 cm³/mol. The first-order valence-corrected chi connectivity index (χ1v) is 6.52. The molecule has 0 aliphatic heterocycles. The Bertz CT molecular complexity index is 593. The number of aryl methyl sites for hydroxylation is 1. The van der Waals surface area contributed by atoms with Gasteiger partial charge < -0.3 is 10.2 Å². The van der Waals surface area contributed by atoms with Crippen molar-refractivity contribution in [2.45, 2.75) is 13.5 Å². The Morgan fingerprint density at radius 2 is 2.25 bits per heavy atom. The van der Waals surface area contributed by atoms with Crippen molar-refractivity contribution in [3.63, 3.8) is 0 Å². The molecule has 1 N–H and O–H groups in total. The van der Waals surface area contributed by atoms with Crippen molar-refractivity contribution < 1.29 is 4.79 Å². The van der Waals surface area contributed by atoms with Crippen LogP contribution in [-0.2, 0) is 13.6 Å². The number of nitrogens with one attached hydrogen (secondary N) is 1. The summed E-state index contributed by atoms with van der Waals surface area (Å²) < 4.78 is 1.73. The number of rotatable bonds is 5. The predicted octanol–water partition coefficient (Wildman–Crippen LogP) is 1.52. The summed E-state index contributed by atoms with van der Waals surface area (Å²) in [6.07, 6.45) is 6.98. The molecule has 0 fully saturated rings. The van der Waals surface area contributed by atoms with Gasteiger partial charge in [0.15, 0.2) is 0 Å². The normalized spacial score (nSPS) is 10.3. The molecule has 0 atom stereocenters. The number of nitrogens with zero attached hydrogens (tertiary/aromatic N) is 4. The third kappa shape index (κ3) is 3.14. The van der Waals surface area contributed by atoms with E-state index in [9.17, 15) is 4.79 Å². The molecular weight excluding hydrogens is 254 g/mol. The topological polar surface area (TPSA) is 63.1 Å². The molecular formula is C14H19N5O. The van der Waals surface area contributed by atoms with Crippen LogP contribution >= 0.6 is 0 Å². The van der Waals surface area contributed by atoms with Crippen LogP contribution < -0.4 is 5.32 Å². The van der Waals surface area contributed by atoms with E-state index in [1.54, 1.807) is 41.3 Å². The summed E-state index contributed by atoms with van der Waals surface area (Å²) in [4.78, 5) is 18.2. The fourth-order valence-electron chi connectivity index (χ4n) is 2.02. The van der Waals surface area contributed by atoms with Crippen molar-refractivity contribution in [2.75, 3.05) is 18.9 Å². The molecule has 0 spiro atoms. The maximum absolute atomic E-state index is 12.5. The number of hydrogen-bond donors (Lipinski definition) is 1. The molecule has 6 nitrogen and oxygen atoms in total. The zero-order chi connectivity index (χ0) is 14.5. The molecule has 0 aromatic carbocycles. The van der Waals surface area contributed by atoms with Crippen LogP contribution in [0.4, 0.5) is 5.69 Å². The second kappa shape index (κ2) is 6.18. The molecule has 0 aliphatic rings. The molecule has 2 rings (SSSR count). The molecule has 0 radical (unpaired) electrons. The molecule has 2 heterocycles. The standard InChI is InChI=1S/C14H19N5O/c1-4-16-13-8-15-6-5-12(13)14(20)18(2)9-11-7-17-19(3)10-11/h5-8,10,16H,4,9H2,1-3H3. The highest BCUT2D eigenvalue weighted by Gasteiger charge is 2.16. The summed E-state index contributed by atoms with van der Waals surface area (Å²) in [6.45, 7) is 3.26. The third-order valence-electron chi connectivity index (χ3n) is 2.94. The van der Waals surface area contributed by atoms with E-state index in [4.69, 9.17) is 0 Å². The third-order valence-corrected chi connectivity index (χ3v) is 2.94. The van der Waals surface area contributed by atoms with Crippen molar-refractivity contribution in [1.82, 2.24) is 19.7 Å². The van der Waals surface area contributed by atoms with Gasteiger partial charge in [-0.25, -0.2) is 0 Å². The van der Waals surface area contributed by atoms with Crippen LogP contribution in [0.3, 0.4) is 0 Å². The fraction of sp³-hybridized carbons (Fsp3) is 0.357. The molecule has 0 bridgehead atoms. The quantitative estimate of drug-likeness (QED) is 0.897. The van der Waals surface area contributed by atoms with Crippen LogP contribution in [-0.4, -0.2) is 39.2 Å². The first-order chi connectivity index (χ1) is 9.61. The monoisotopic (exact) mass is 273 g/mol. The number of pyridine rings is 1. The average molecular weight is 273 g/mol. The lowest BCUT2D eigenvalue weighted by Crippen LogP contribution is -2.27. The van der Waals surface area contributed by atoms with Gasteiger partial charge in [0.1, 0.15) is 0 Å². The summed E-state index contributed by atoms with van der Waals surface area (Å²) >= 11 is 0. The minimum absolute atomic E-state index is 0.0350. The largest absolute Gasteiger partial charge is 0.383 e. The van der Waals surface area contributed by atoms with E-state index >= 15 is 0 Å². The minimum atomic E-state index is -0.0350. The van der Waals surface area contributed by atoms with E-state index in [1.807, 2.05) is 20.2 Å². The van der Waals surface area contributed by atoms with Gasteiger partial charge in [0.2, 0.25) is 0 Å². The van der Waals surface area contributed by atoms with E-state index in [0.717, 1.165) is 17.8 Å². The number of aromatic nitrogens is 3. The number of anilines is 1. The maximum Gasteiger partial charge on any atom is 0.256 e. The van der Waals surface area contributed by atoms with Gasteiger partial charge in [0.05, 0.1) is 23.6 Å². The summed E-state index contributed by atoms with van der Waals surface area (Å²) in [5.74, 6) is -0.0350. The van der Waals surface area contributed by atoms with Crippen LogP contribution in [0.5, 0.6) is 0 Å². The molecule has 0 saturated heterocycles. The lowest BCUT2D eigenvalue weighted by molar-refractivity contribution is 0.0786. The second-order valence-electron chi connectivity index (χ2n) is 4.64. The van der Waals surface area contributed by atoms with E-state index in [1.165, 1.54) is 0 Å². The van der Waals surface area contributed by atoms with Gasteiger partial charge in [-0.15, -0.1) is 0 Å². The summed E-state index contributed by atoms with van der Waals surface area (Å²) in [7, 11) is 3.64. The first-order valence-electron chi connectivity index (χ1n) is 6.52. The van der Waals surface area contributed by atoms with Crippen LogP contribution in [0, 0.1) is 0 Å². The Balaban J connectivity index is 2.14. The van der Waals surface area contributed by atoms with Crippen LogP contribution in [0.15, 0.2) is 30.9 Å². The number of amides is 1. The van der Waals surface area contributed by atoms with E-state index in [0.29, 0.717) is 12.1 Å². The lowest BCUT2D eigenvalue weighted by atomic mass is 10.2. The van der Waals surface area contributed by atoms with Crippen molar-refractivity contribution in [2.24, 2.45) is 7.05 Å². The smallest absolute Gasteiger partial charge is 0.256 e. The van der Waals surface area contributed by atoms with Gasteiger partial charge in [0, 0.05) is 45.1 Å². The molecule has 1 amide bonds. The van der Waals surface area contributed by atoms with Crippen LogP contribution in [0.2, 0.25) is 0 Å². The second-order valence-corrected chi connectivity index (χ2v) is 4.64. The van der Waals surface area contributed by atoms with Gasteiger partial charge in [-0.3, -0.25) is 14.5 Å². The van der Waals surface area contributed by atoms with Gasteiger partial charge in [-0.05, 0) is 13.0 Å². The Hall–Kier alpha value is -2.37. The highest BCUT2D eigenvalue weighted by molar-refractivity contribution is 5.99. The van der Waals surface area contributed by atoms with E-state index in [2.05, 4.69) is 15.4 Å². The number of carbonyl (C=O) groups excluding carboxylic acids is 1. The van der Waals surface area contributed by atoms with Crippen LogP contribution in [0.1, 0.15) is 22.8 Å². The zero-order valence-electron chi connectivity index (χ0n) is 12.0. The molecule has 2 aromatic rings. The average Bonchev–Trinajstić information content (AvgIpc) is 2.84. The Labute approximate surface area is 118 Å². The van der Waals surface area contributed by atoms with E-state index in [-0.39, 0.29) is 5.91 Å². The van der Waals surface area contributed by atoms with Crippen molar-refractivity contribution in [3.8, 4) is 0 Å². The summed E-state index contributed by atoms with van der Waals surface area (Å²) in [5, 5.41) is 7.26. The first kappa shape index (κ1) is 14.0. The van der Waals surface area contributed by atoms with Gasteiger partial charge in [0.25, 0.3) is 5.91 Å². The Morgan fingerprint density at radius 3 is 2.90 bits per heavy atom. The van der Waals surface area contributed by atoms with Gasteiger partial charge in [-0.1, -0.05) is 0 Å². The molecule has 0 saturated carbocycles. The number of hydrogen-bond acceptors (Lipinski definition) is 4. The van der Waals surface area contributed by atoms with Gasteiger partial charge in [-0.2, -0.15) is 5.10 Å². The van der Waals surface area contributed by atoms with E-state index < -0.39 is 0 Å². The highest BCUT2D eigenvalue weighted by atomic mass is 16.2. The van der Waals surface area contributed by atoms with Crippen molar-refractivity contribution in [1.29, 1.82) is 0 Å². The van der Waals surface area contributed by atoms with Crippen LogP contribution in [0.25, 0.3) is 0 Å². The molecule has 0 aliphatic carbocycles. The molecule has 106 valence electrons. The Morgan fingerprint density at radius 1 is 1.45 bits per heavy atom. The highest BCUT2D eigenvalue weighted by Crippen LogP contribution is 2.16. The molecule has 0 unspecified atom stereocenters. The van der Waals surface area contributed by atoms with Gasteiger partial charge >= 0.3 is 0 Å². The maximum atomic E-state index is 12.5. The Kier molecular flexibility index (Phi) is 4.34. The molecule has 6 heteroatoms. The molecule has 2 aromatic heterocycles. The van der Waals surface area contributed by atoms with Crippen molar-refractivity contribution in [3.05, 3.63) is 42.0 Å². The number of carbonyl (C=O) groups is 1. The minimum Gasteiger partial charge on any atom is -0.383 e. The van der Waals surface area contributed by atoms with Crippen molar-refractivity contribution >= 4 is 11.6 Å².